The summed E-state index contributed by atoms with van der Waals surface area (Å²) in [6.07, 6.45) is 11.0. The van der Waals surface area contributed by atoms with Crippen LogP contribution in [0.2, 0.25) is 0 Å². The van der Waals surface area contributed by atoms with E-state index in [-0.39, 0.29) is 28.3 Å². The standard InChI is InChI=1S/C25H34O3/c1-6-7-17-13-18(27)14-22-15(2)12-19-20-9-11-25(28,16(3)26)23(20,4)10-8-21(19)24(17,22)5/h6,12,14,17,19-21,28H,1,7-11,13H2,2-5H3/t17-,19-,20-,21-,23-,24+,25-/m0/s1. The van der Waals surface area contributed by atoms with Gasteiger partial charge in [0.15, 0.2) is 11.6 Å². The van der Waals surface area contributed by atoms with Crippen LogP contribution < -0.4 is 0 Å². The maximum atomic E-state index is 12.4. The van der Waals surface area contributed by atoms with E-state index in [4.69, 9.17) is 0 Å². The Morgan fingerprint density at radius 3 is 2.61 bits per heavy atom. The van der Waals surface area contributed by atoms with Gasteiger partial charge in [0.25, 0.3) is 0 Å². The highest BCUT2D eigenvalue weighted by Gasteiger charge is 2.66. The second-order valence-corrected chi connectivity index (χ2v) is 10.3. The molecule has 0 amide bonds. The first-order valence-electron chi connectivity index (χ1n) is 10.9. The predicted octanol–water partition coefficient (Wildman–Crippen LogP) is 4.81. The van der Waals surface area contributed by atoms with Gasteiger partial charge < -0.3 is 5.11 Å². The maximum absolute atomic E-state index is 12.4. The number of aliphatic hydroxyl groups is 1. The van der Waals surface area contributed by atoms with E-state index in [1.165, 1.54) is 11.1 Å². The van der Waals surface area contributed by atoms with Crippen molar-refractivity contribution in [3.63, 3.8) is 0 Å². The number of ketones is 2. The first-order chi connectivity index (χ1) is 13.1. The van der Waals surface area contributed by atoms with Crippen molar-refractivity contribution in [3.05, 3.63) is 36.0 Å². The maximum Gasteiger partial charge on any atom is 0.161 e. The second-order valence-electron chi connectivity index (χ2n) is 10.3. The Hall–Kier alpha value is -1.48. The molecule has 2 saturated carbocycles. The van der Waals surface area contributed by atoms with E-state index in [0.717, 1.165) is 25.7 Å². The van der Waals surface area contributed by atoms with Gasteiger partial charge in [-0.05, 0) is 86.7 Å². The minimum atomic E-state index is -1.19. The first kappa shape index (κ1) is 19.8. The van der Waals surface area contributed by atoms with Gasteiger partial charge in [-0.1, -0.05) is 31.6 Å². The Morgan fingerprint density at radius 2 is 1.96 bits per heavy atom. The molecule has 0 unspecified atom stereocenters. The summed E-state index contributed by atoms with van der Waals surface area (Å²) in [5, 5.41) is 11.3. The number of carbonyl (C=O) groups is 2. The summed E-state index contributed by atoms with van der Waals surface area (Å²) < 4.78 is 0. The van der Waals surface area contributed by atoms with Crippen molar-refractivity contribution in [1.29, 1.82) is 0 Å². The zero-order valence-corrected chi connectivity index (χ0v) is 17.8. The van der Waals surface area contributed by atoms with Crippen LogP contribution in [0.1, 0.15) is 66.2 Å². The molecule has 0 heterocycles. The van der Waals surface area contributed by atoms with E-state index in [1.807, 2.05) is 12.2 Å². The normalized spacial score (nSPS) is 47.4. The van der Waals surface area contributed by atoms with E-state index >= 15 is 0 Å². The molecule has 0 aromatic carbocycles. The Labute approximate surface area is 169 Å². The summed E-state index contributed by atoms with van der Waals surface area (Å²) in [5.74, 6) is 1.56. The molecule has 0 aromatic heterocycles. The third-order valence-corrected chi connectivity index (χ3v) is 9.34. The topological polar surface area (TPSA) is 54.4 Å². The molecular weight excluding hydrogens is 348 g/mol. The molecule has 0 bridgehead atoms. The molecule has 1 N–H and O–H groups in total. The quantitative estimate of drug-likeness (QED) is 0.713. The molecule has 2 fully saturated rings. The van der Waals surface area contributed by atoms with Crippen molar-refractivity contribution in [1.82, 2.24) is 0 Å². The van der Waals surface area contributed by atoms with Gasteiger partial charge in [0.05, 0.1) is 0 Å². The molecule has 28 heavy (non-hydrogen) atoms. The van der Waals surface area contributed by atoms with Gasteiger partial charge in [-0.2, -0.15) is 0 Å². The van der Waals surface area contributed by atoms with Gasteiger partial charge in [0.1, 0.15) is 5.60 Å². The molecule has 0 spiro atoms. The molecular formula is C25H34O3. The van der Waals surface area contributed by atoms with Crippen molar-refractivity contribution in [2.24, 2.45) is 34.5 Å². The van der Waals surface area contributed by atoms with Crippen LogP contribution in [-0.4, -0.2) is 22.3 Å². The van der Waals surface area contributed by atoms with Gasteiger partial charge >= 0.3 is 0 Å². The molecule has 4 rings (SSSR count). The lowest BCUT2D eigenvalue weighted by Crippen LogP contribution is -2.57. The lowest BCUT2D eigenvalue weighted by Gasteiger charge is -2.59. The van der Waals surface area contributed by atoms with Gasteiger partial charge in [0.2, 0.25) is 0 Å². The Bertz CT molecular complexity index is 805. The van der Waals surface area contributed by atoms with Crippen LogP contribution in [0.15, 0.2) is 36.0 Å². The van der Waals surface area contributed by atoms with Crippen molar-refractivity contribution in [3.8, 4) is 0 Å². The number of carbonyl (C=O) groups excluding carboxylic acids is 2. The molecule has 4 aliphatic rings. The van der Waals surface area contributed by atoms with E-state index in [2.05, 4.69) is 33.4 Å². The van der Waals surface area contributed by atoms with Crippen molar-refractivity contribution in [2.75, 3.05) is 0 Å². The molecule has 7 atom stereocenters. The van der Waals surface area contributed by atoms with Gasteiger partial charge in [0, 0.05) is 11.8 Å². The SMILES string of the molecule is C=CC[C@H]1CC(=O)C=C2C(C)=C[C@@H]3[C@H](CC[C@@]4(C)[C@H]3CC[C@]4(O)C(C)=O)[C@]21C. The highest BCUT2D eigenvalue weighted by atomic mass is 16.3. The Morgan fingerprint density at radius 1 is 1.29 bits per heavy atom. The monoisotopic (exact) mass is 382 g/mol. The molecule has 152 valence electrons. The number of hydrogen-bond acceptors (Lipinski definition) is 3. The molecule has 0 saturated heterocycles. The number of Topliss-reactive ketones (excluding diaryl/α,β-unsaturated/α-hetero) is 1. The number of fused-ring (bicyclic) bond motifs is 5. The highest BCUT2D eigenvalue weighted by Crippen LogP contribution is 2.68. The van der Waals surface area contributed by atoms with Crippen molar-refractivity contribution >= 4 is 11.6 Å². The molecule has 3 heteroatoms. The number of hydrogen-bond donors (Lipinski definition) is 1. The Balaban J connectivity index is 1.82. The van der Waals surface area contributed by atoms with Crippen LogP contribution in [-0.2, 0) is 9.59 Å². The average Bonchev–Trinajstić information content (AvgIpc) is 2.90. The fourth-order valence-electron chi connectivity index (χ4n) is 7.72. The molecule has 0 aromatic rings. The fourth-order valence-corrected chi connectivity index (χ4v) is 7.72. The third-order valence-electron chi connectivity index (χ3n) is 9.34. The summed E-state index contributed by atoms with van der Waals surface area (Å²) in [6, 6.07) is 0. The lowest BCUT2D eigenvalue weighted by molar-refractivity contribution is -0.157. The minimum Gasteiger partial charge on any atom is -0.382 e. The average molecular weight is 383 g/mol. The molecule has 3 nitrogen and oxygen atoms in total. The van der Waals surface area contributed by atoms with Crippen LogP contribution in [0.4, 0.5) is 0 Å². The largest absolute Gasteiger partial charge is 0.382 e. The first-order valence-corrected chi connectivity index (χ1v) is 10.9. The van der Waals surface area contributed by atoms with Crippen LogP contribution in [0, 0.1) is 34.5 Å². The van der Waals surface area contributed by atoms with Crippen molar-refractivity contribution in [2.45, 2.75) is 71.8 Å². The third kappa shape index (κ3) is 2.32. The molecule has 0 radical (unpaired) electrons. The van der Waals surface area contributed by atoms with Crippen LogP contribution >= 0.6 is 0 Å². The molecule has 0 aliphatic heterocycles. The van der Waals surface area contributed by atoms with Crippen LogP contribution in [0.25, 0.3) is 0 Å². The predicted molar refractivity (Wildman–Crippen MR) is 111 cm³/mol. The summed E-state index contributed by atoms with van der Waals surface area (Å²) in [5.41, 5.74) is 0.856. The van der Waals surface area contributed by atoms with Gasteiger partial charge in [-0.15, -0.1) is 6.58 Å². The molecule has 4 aliphatic carbocycles. The van der Waals surface area contributed by atoms with Gasteiger partial charge in [-0.3, -0.25) is 9.59 Å². The second kappa shape index (κ2) is 6.26. The summed E-state index contributed by atoms with van der Waals surface area (Å²) in [4.78, 5) is 24.8. The number of allylic oxidation sites excluding steroid dienone is 5. The van der Waals surface area contributed by atoms with Crippen molar-refractivity contribution < 1.29 is 14.7 Å². The number of rotatable bonds is 3. The van der Waals surface area contributed by atoms with Crippen LogP contribution in [0.5, 0.6) is 0 Å². The summed E-state index contributed by atoms with van der Waals surface area (Å²) in [7, 11) is 0. The van der Waals surface area contributed by atoms with Gasteiger partial charge in [-0.25, -0.2) is 0 Å². The highest BCUT2D eigenvalue weighted by molar-refractivity contribution is 5.93. The van der Waals surface area contributed by atoms with Crippen LogP contribution in [0.3, 0.4) is 0 Å². The fraction of sp³-hybridized carbons (Fsp3) is 0.680. The van der Waals surface area contributed by atoms with E-state index in [0.29, 0.717) is 30.6 Å². The lowest BCUT2D eigenvalue weighted by atomic mass is 9.44. The van der Waals surface area contributed by atoms with E-state index in [1.54, 1.807) is 6.92 Å². The smallest absolute Gasteiger partial charge is 0.161 e. The van der Waals surface area contributed by atoms with E-state index in [9.17, 15) is 14.7 Å². The Kier molecular flexibility index (Phi) is 4.43. The minimum absolute atomic E-state index is 0.0378. The summed E-state index contributed by atoms with van der Waals surface area (Å²) >= 11 is 0. The van der Waals surface area contributed by atoms with E-state index < -0.39 is 5.60 Å². The zero-order chi connectivity index (χ0) is 20.5. The zero-order valence-electron chi connectivity index (χ0n) is 17.8. The summed E-state index contributed by atoms with van der Waals surface area (Å²) in [6.45, 7) is 12.2.